The number of oxazole rings is 1. The van der Waals surface area contributed by atoms with E-state index in [0.29, 0.717) is 12.1 Å². The fourth-order valence-electron chi connectivity index (χ4n) is 1.42. The molecule has 0 spiro atoms. The van der Waals surface area contributed by atoms with Crippen LogP contribution in [0.15, 0.2) is 28.8 Å². The van der Waals surface area contributed by atoms with E-state index in [9.17, 15) is 26.3 Å². The van der Waals surface area contributed by atoms with E-state index in [1.54, 1.807) is 0 Å². The Hall–Kier alpha value is -1.99. The minimum atomic E-state index is -4.89. The highest BCUT2D eigenvalue weighted by Crippen LogP contribution is 2.38. The number of halogens is 6. The molecule has 2 aromatic rings. The van der Waals surface area contributed by atoms with E-state index >= 15 is 0 Å². The van der Waals surface area contributed by atoms with Crippen molar-refractivity contribution in [3.05, 3.63) is 41.9 Å². The molecule has 0 saturated heterocycles. The van der Waals surface area contributed by atoms with Crippen molar-refractivity contribution < 1.29 is 30.8 Å². The van der Waals surface area contributed by atoms with Gasteiger partial charge in [0.25, 0.3) is 6.39 Å². The number of benzene rings is 1. The second kappa shape index (κ2) is 4.29. The van der Waals surface area contributed by atoms with Gasteiger partial charge in [0, 0.05) is 5.56 Å². The van der Waals surface area contributed by atoms with Gasteiger partial charge in [-0.1, -0.05) is 0 Å². The predicted molar refractivity (Wildman–Crippen MR) is 50.8 cm³/mol. The molecule has 0 aliphatic rings. The van der Waals surface area contributed by atoms with E-state index in [1.807, 2.05) is 6.39 Å². The van der Waals surface area contributed by atoms with Crippen molar-refractivity contribution in [2.75, 3.05) is 0 Å². The highest BCUT2D eigenvalue weighted by atomic mass is 19.4. The quantitative estimate of drug-likeness (QED) is 0.732. The molecule has 1 heterocycles. The van der Waals surface area contributed by atoms with Gasteiger partial charge in [0.15, 0.2) is 5.76 Å². The standard InChI is InChI=1S/C11H4F6NO/c12-10(13,14)7-1-6(9-4-18-5-19-9)2-8(3-7)11(15,16)17/h1-4H. The lowest BCUT2D eigenvalue weighted by atomic mass is 10.0. The summed E-state index contributed by atoms with van der Waals surface area (Å²) in [6.07, 6.45) is -6.84. The van der Waals surface area contributed by atoms with Crippen molar-refractivity contribution in [1.82, 2.24) is 4.98 Å². The van der Waals surface area contributed by atoms with Gasteiger partial charge in [0.05, 0.1) is 17.3 Å². The van der Waals surface area contributed by atoms with Gasteiger partial charge in [-0.3, -0.25) is 0 Å². The zero-order valence-electron chi connectivity index (χ0n) is 8.93. The van der Waals surface area contributed by atoms with Crippen LogP contribution in [0.1, 0.15) is 11.1 Å². The number of rotatable bonds is 1. The third-order valence-electron chi connectivity index (χ3n) is 2.26. The van der Waals surface area contributed by atoms with Crippen molar-refractivity contribution in [2.45, 2.75) is 12.4 Å². The molecule has 0 fully saturated rings. The average molecular weight is 280 g/mol. The number of nitrogens with zero attached hydrogens (tertiary/aromatic N) is 1. The summed E-state index contributed by atoms with van der Waals surface area (Å²) in [7, 11) is 0. The zero-order valence-corrected chi connectivity index (χ0v) is 8.93. The fourth-order valence-corrected chi connectivity index (χ4v) is 1.42. The molecule has 0 atom stereocenters. The highest BCUT2D eigenvalue weighted by Gasteiger charge is 2.37. The second-order valence-electron chi connectivity index (χ2n) is 3.61. The van der Waals surface area contributed by atoms with E-state index in [1.165, 1.54) is 0 Å². The Morgan fingerprint density at radius 1 is 0.895 bits per heavy atom. The van der Waals surface area contributed by atoms with Crippen molar-refractivity contribution in [1.29, 1.82) is 0 Å². The first-order valence-corrected chi connectivity index (χ1v) is 4.79. The summed E-state index contributed by atoms with van der Waals surface area (Å²) < 4.78 is 79.9. The Kier molecular flexibility index (Phi) is 3.03. The average Bonchev–Trinajstić information content (AvgIpc) is 2.79. The van der Waals surface area contributed by atoms with E-state index < -0.39 is 23.5 Å². The molecule has 2 rings (SSSR count). The molecule has 19 heavy (non-hydrogen) atoms. The molecular weight excluding hydrogens is 276 g/mol. The predicted octanol–water partition coefficient (Wildman–Crippen LogP) is 4.18. The number of alkyl halides is 6. The van der Waals surface area contributed by atoms with Crippen LogP contribution in [0.5, 0.6) is 0 Å². The lowest BCUT2D eigenvalue weighted by Crippen LogP contribution is -2.11. The molecule has 1 radical (unpaired) electrons. The van der Waals surface area contributed by atoms with Crippen LogP contribution in [0.2, 0.25) is 0 Å². The smallest absolute Gasteiger partial charge is 0.416 e. The molecule has 0 aliphatic heterocycles. The molecule has 1 aromatic heterocycles. The second-order valence-corrected chi connectivity index (χ2v) is 3.61. The summed E-state index contributed by atoms with van der Waals surface area (Å²) in [5.74, 6) is -0.225. The first-order chi connectivity index (χ1) is 8.68. The molecular formula is C11H4F6NO. The maximum Gasteiger partial charge on any atom is 0.416 e. The first-order valence-electron chi connectivity index (χ1n) is 4.79. The molecule has 101 valence electrons. The van der Waals surface area contributed by atoms with Gasteiger partial charge in [-0.2, -0.15) is 26.3 Å². The third-order valence-corrected chi connectivity index (χ3v) is 2.26. The molecule has 0 unspecified atom stereocenters. The van der Waals surface area contributed by atoms with Crippen LogP contribution in [0.4, 0.5) is 26.3 Å². The molecule has 2 nitrogen and oxygen atoms in total. The summed E-state index contributed by atoms with van der Waals surface area (Å²) in [4.78, 5) is 3.33. The maximum absolute atomic E-state index is 12.6. The minimum Gasteiger partial charge on any atom is -0.432 e. The maximum atomic E-state index is 12.6. The van der Waals surface area contributed by atoms with E-state index in [2.05, 4.69) is 9.40 Å². The van der Waals surface area contributed by atoms with E-state index in [-0.39, 0.29) is 17.4 Å². The van der Waals surface area contributed by atoms with Gasteiger partial charge in [0.1, 0.15) is 0 Å². The minimum absolute atomic E-state index is 0.0452. The van der Waals surface area contributed by atoms with E-state index in [4.69, 9.17) is 0 Å². The van der Waals surface area contributed by atoms with Crippen LogP contribution < -0.4 is 0 Å². The highest BCUT2D eigenvalue weighted by molar-refractivity contribution is 5.59. The Morgan fingerprint density at radius 3 is 1.79 bits per heavy atom. The Morgan fingerprint density at radius 2 is 1.42 bits per heavy atom. The van der Waals surface area contributed by atoms with Crippen LogP contribution in [0.25, 0.3) is 11.3 Å². The summed E-state index contributed by atoms with van der Waals surface area (Å²) in [5.41, 5.74) is -3.18. The third kappa shape index (κ3) is 2.88. The Labute approximate surface area is 102 Å². The molecule has 0 aliphatic carbocycles. The normalized spacial score (nSPS) is 12.7. The van der Waals surface area contributed by atoms with Gasteiger partial charge < -0.3 is 4.42 Å². The lowest BCUT2D eigenvalue weighted by molar-refractivity contribution is -0.143. The number of hydrogen-bond acceptors (Lipinski definition) is 2. The van der Waals surface area contributed by atoms with Crippen molar-refractivity contribution >= 4 is 0 Å². The lowest BCUT2D eigenvalue weighted by Gasteiger charge is -2.13. The van der Waals surface area contributed by atoms with Crippen LogP contribution in [0.3, 0.4) is 0 Å². The van der Waals surface area contributed by atoms with Crippen LogP contribution in [0, 0.1) is 6.39 Å². The molecule has 0 saturated carbocycles. The Bertz CT molecular complexity index is 538. The van der Waals surface area contributed by atoms with Crippen molar-refractivity contribution in [3.8, 4) is 11.3 Å². The van der Waals surface area contributed by atoms with Gasteiger partial charge in [-0.15, -0.1) is 0 Å². The van der Waals surface area contributed by atoms with Crippen LogP contribution in [-0.4, -0.2) is 4.98 Å². The molecule has 1 aromatic carbocycles. The fraction of sp³-hybridized carbons (Fsp3) is 0.182. The molecule has 0 amide bonds. The van der Waals surface area contributed by atoms with Gasteiger partial charge in [-0.25, -0.2) is 4.98 Å². The summed E-state index contributed by atoms with van der Waals surface area (Å²) >= 11 is 0. The van der Waals surface area contributed by atoms with Crippen LogP contribution >= 0.6 is 0 Å². The van der Waals surface area contributed by atoms with Crippen LogP contribution in [-0.2, 0) is 12.4 Å². The summed E-state index contributed by atoms with van der Waals surface area (Å²) in [6.45, 7) is 0. The largest absolute Gasteiger partial charge is 0.432 e. The molecule has 0 bridgehead atoms. The monoisotopic (exact) mass is 280 g/mol. The van der Waals surface area contributed by atoms with E-state index in [0.717, 1.165) is 6.20 Å². The van der Waals surface area contributed by atoms with Gasteiger partial charge in [-0.05, 0) is 18.2 Å². The van der Waals surface area contributed by atoms with Crippen molar-refractivity contribution in [2.24, 2.45) is 0 Å². The Balaban J connectivity index is 2.62. The topological polar surface area (TPSA) is 26.0 Å². The molecule has 0 N–H and O–H groups in total. The SMILES string of the molecule is FC(F)(F)c1cc(-c2cn[c]o2)cc(C(F)(F)F)c1. The number of aromatic nitrogens is 1. The van der Waals surface area contributed by atoms with Gasteiger partial charge >= 0.3 is 12.4 Å². The summed E-state index contributed by atoms with van der Waals surface area (Å²) in [6, 6.07) is 1.16. The number of hydrogen-bond donors (Lipinski definition) is 0. The van der Waals surface area contributed by atoms with Crippen molar-refractivity contribution in [3.63, 3.8) is 0 Å². The van der Waals surface area contributed by atoms with Gasteiger partial charge in [0.2, 0.25) is 0 Å². The summed E-state index contributed by atoms with van der Waals surface area (Å²) in [5, 5.41) is 0. The molecule has 8 heteroatoms. The zero-order chi connectivity index (χ0) is 14.3. The first kappa shape index (κ1) is 13.4.